The topological polar surface area (TPSA) is 79.6 Å². The highest BCUT2D eigenvalue weighted by Gasteiger charge is 2.31. The minimum atomic E-state index is -3.58. The van der Waals surface area contributed by atoms with Crippen LogP contribution in [0.4, 0.5) is 5.69 Å². The van der Waals surface area contributed by atoms with Gasteiger partial charge >= 0.3 is 0 Å². The van der Waals surface area contributed by atoms with Gasteiger partial charge in [-0.05, 0) is 31.2 Å². The van der Waals surface area contributed by atoms with Crippen molar-refractivity contribution in [1.82, 2.24) is 4.31 Å². The summed E-state index contributed by atoms with van der Waals surface area (Å²) in [6.45, 7) is 2.59. The lowest BCUT2D eigenvalue weighted by molar-refractivity contribution is 0.0995. The molecular formula is C14H16N2O4S2. The molecule has 0 atom stereocenters. The van der Waals surface area contributed by atoms with Crippen LogP contribution in [0.3, 0.4) is 0 Å². The minimum absolute atomic E-state index is 0.00136. The maximum absolute atomic E-state index is 12.5. The van der Waals surface area contributed by atoms with Crippen molar-refractivity contribution < 1.29 is 17.6 Å². The Balaban J connectivity index is 1.86. The molecule has 1 saturated heterocycles. The summed E-state index contributed by atoms with van der Waals surface area (Å²) in [6, 6.07) is 3.07. The second kappa shape index (κ2) is 5.86. The largest absolute Gasteiger partial charge is 0.455 e. The van der Waals surface area contributed by atoms with Crippen LogP contribution < -0.4 is 5.32 Å². The van der Waals surface area contributed by atoms with E-state index >= 15 is 0 Å². The standard InChI is InChI=1S/C14H16N2O4S2/c1-10-13(22(18,19)16-5-2-3-6-16)8-12(20-10)14(17)15-11-4-7-21-9-11/h4,7-9H,2-3,5-6H2,1H3,(H,15,17). The SMILES string of the molecule is Cc1oc(C(=O)Nc2ccsc2)cc1S(=O)(=O)N1CCCC1. The molecule has 118 valence electrons. The average Bonchev–Trinajstić information content (AvgIpc) is 3.19. The van der Waals surface area contributed by atoms with Crippen molar-refractivity contribution in [3.8, 4) is 0 Å². The van der Waals surface area contributed by atoms with Gasteiger partial charge in [0.15, 0.2) is 5.76 Å². The van der Waals surface area contributed by atoms with Crippen LogP contribution in [-0.2, 0) is 10.0 Å². The van der Waals surface area contributed by atoms with Gasteiger partial charge in [-0.15, -0.1) is 0 Å². The molecule has 1 aliphatic heterocycles. The molecule has 1 N–H and O–H groups in total. The third-order valence-electron chi connectivity index (χ3n) is 3.56. The number of furan rings is 1. The molecule has 0 aliphatic carbocycles. The fraction of sp³-hybridized carbons (Fsp3) is 0.357. The first kappa shape index (κ1) is 15.3. The number of anilines is 1. The Labute approximate surface area is 132 Å². The van der Waals surface area contributed by atoms with Gasteiger partial charge in [0, 0.05) is 24.5 Å². The number of amides is 1. The molecule has 22 heavy (non-hydrogen) atoms. The Kier molecular flexibility index (Phi) is 4.07. The van der Waals surface area contributed by atoms with E-state index in [4.69, 9.17) is 4.42 Å². The predicted molar refractivity (Wildman–Crippen MR) is 83.7 cm³/mol. The molecule has 6 nitrogen and oxygen atoms in total. The van der Waals surface area contributed by atoms with Crippen LogP contribution in [0.5, 0.6) is 0 Å². The van der Waals surface area contributed by atoms with Gasteiger partial charge in [0.05, 0.1) is 5.69 Å². The summed E-state index contributed by atoms with van der Waals surface area (Å²) in [4.78, 5) is 12.2. The molecule has 0 spiro atoms. The summed E-state index contributed by atoms with van der Waals surface area (Å²) < 4.78 is 31.9. The highest BCUT2D eigenvalue weighted by molar-refractivity contribution is 7.89. The van der Waals surface area contributed by atoms with Crippen LogP contribution in [0.2, 0.25) is 0 Å². The molecule has 0 saturated carbocycles. The Morgan fingerprint density at radius 1 is 1.36 bits per heavy atom. The Morgan fingerprint density at radius 3 is 2.73 bits per heavy atom. The molecule has 1 fully saturated rings. The monoisotopic (exact) mass is 340 g/mol. The number of nitrogens with one attached hydrogen (secondary N) is 1. The number of hydrogen-bond acceptors (Lipinski definition) is 5. The van der Waals surface area contributed by atoms with Crippen molar-refractivity contribution in [3.63, 3.8) is 0 Å². The molecule has 1 aliphatic rings. The molecular weight excluding hydrogens is 324 g/mol. The van der Waals surface area contributed by atoms with E-state index < -0.39 is 15.9 Å². The van der Waals surface area contributed by atoms with Gasteiger partial charge in [0.1, 0.15) is 10.7 Å². The van der Waals surface area contributed by atoms with Crippen molar-refractivity contribution in [2.24, 2.45) is 0 Å². The van der Waals surface area contributed by atoms with Crippen molar-refractivity contribution in [2.45, 2.75) is 24.7 Å². The summed E-state index contributed by atoms with van der Waals surface area (Å²) >= 11 is 1.46. The zero-order chi connectivity index (χ0) is 15.7. The van der Waals surface area contributed by atoms with Gasteiger partial charge in [0.25, 0.3) is 5.91 Å². The quantitative estimate of drug-likeness (QED) is 0.928. The molecule has 8 heteroatoms. The smallest absolute Gasteiger partial charge is 0.291 e. The number of aryl methyl sites for hydroxylation is 1. The van der Waals surface area contributed by atoms with E-state index in [1.54, 1.807) is 18.4 Å². The van der Waals surface area contributed by atoms with Gasteiger partial charge in [-0.1, -0.05) is 0 Å². The van der Waals surface area contributed by atoms with Crippen molar-refractivity contribution in [1.29, 1.82) is 0 Å². The third-order valence-corrected chi connectivity index (χ3v) is 6.25. The molecule has 0 aromatic carbocycles. The molecule has 2 aromatic rings. The number of thiophene rings is 1. The molecule has 0 bridgehead atoms. The molecule has 0 unspecified atom stereocenters. The zero-order valence-corrected chi connectivity index (χ0v) is 13.7. The Morgan fingerprint density at radius 2 is 2.09 bits per heavy atom. The third kappa shape index (κ3) is 2.81. The van der Waals surface area contributed by atoms with Gasteiger partial charge in [0.2, 0.25) is 10.0 Å². The number of rotatable bonds is 4. The highest BCUT2D eigenvalue weighted by atomic mass is 32.2. The first-order valence-electron chi connectivity index (χ1n) is 6.92. The summed E-state index contributed by atoms with van der Waals surface area (Å²) in [5.41, 5.74) is 0.660. The number of carbonyl (C=O) groups is 1. The van der Waals surface area contributed by atoms with E-state index in [0.29, 0.717) is 18.8 Å². The number of nitrogens with zero attached hydrogens (tertiary/aromatic N) is 1. The van der Waals surface area contributed by atoms with Crippen molar-refractivity contribution in [2.75, 3.05) is 18.4 Å². The van der Waals surface area contributed by atoms with Crippen molar-refractivity contribution >= 4 is 33.0 Å². The summed E-state index contributed by atoms with van der Waals surface area (Å²) in [5.74, 6) is -0.215. The summed E-state index contributed by atoms with van der Waals surface area (Å²) in [7, 11) is -3.58. The predicted octanol–water partition coefficient (Wildman–Crippen LogP) is 2.69. The van der Waals surface area contributed by atoms with E-state index in [0.717, 1.165) is 12.8 Å². The fourth-order valence-electron chi connectivity index (χ4n) is 2.43. The van der Waals surface area contributed by atoms with Gasteiger partial charge < -0.3 is 9.73 Å². The fourth-order valence-corrected chi connectivity index (χ4v) is 4.70. The molecule has 3 rings (SSSR count). The molecule has 3 heterocycles. The van der Waals surface area contributed by atoms with Gasteiger partial charge in [-0.2, -0.15) is 15.6 Å². The van der Waals surface area contributed by atoms with Crippen LogP contribution in [-0.4, -0.2) is 31.7 Å². The Hall–Kier alpha value is -1.64. The van der Waals surface area contributed by atoms with Crippen LogP contribution in [0.15, 0.2) is 32.2 Å². The number of hydrogen-bond donors (Lipinski definition) is 1. The highest BCUT2D eigenvalue weighted by Crippen LogP contribution is 2.26. The second-order valence-electron chi connectivity index (χ2n) is 5.11. The van der Waals surface area contributed by atoms with Gasteiger partial charge in [-0.25, -0.2) is 8.42 Å². The molecule has 0 radical (unpaired) electrons. The maximum atomic E-state index is 12.5. The van der Waals surface area contributed by atoms with E-state index in [9.17, 15) is 13.2 Å². The summed E-state index contributed by atoms with van der Waals surface area (Å²) in [5, 5.41) is 6.30. The number of carbonyl (C=O) groups excluding carboxylic acids is 1. The van der Waals surface area contributed by atoms with Crippen molar-refractivity contribution in [3.05, 3.63) is 34.4 Å². The first-order chi connectivity index (χ1) is 10.5. The second-order valence-corrected chi connectivity index (χ2v) is 7.79. The van der Waals surface area contributed by atoms with Crippen LogP contribution in [0.1, 0.15) is 29.2 Å². The minimum Gasteiger partial charge on any atom is -0.455 e. The van der Waals surface area contributed by atoms with Crippen LogP contribution >= 0.6 is 11.3 Å². The lowest BCUT2D eigenvalue weighted by Crippen LogP contribution is -2.28. The maximum Gasteiger partial charge on any atom is 0.291 e. The van der Waals surface area contributed by atoms with E-state index in [-0.39, 0.29) is 16.4 Å². The lowest BCUT2D eigenvalue weighted by Gasteiger charge is -2.14. The molecule has 2 aromatic heterocycles. The van der Waals surface area contributed by atoms with E-state index in [1.165, 1.54) is 21.7 Å². The first-order valence-corrected chi connectivity index (χ1v) is 9.31. The lowest BCUT2D eigenvalue weighted by atomic mass is 10.4. The average molecular weight is 340 g/mol. The summed E-state index contributed by atoms with van der Waals surface area (Å²) in [6.07, 6.45) is 1.73. The normalized spacial score (nSPS) is 16.0. The van der Waals surface area contributed by atoms with E-state index in [2.05, 4.69) is 5.32 Å². The van der Waals surface area contributed by atoms with Gasteiger partial charge in [-0.3, -0.25) is 4.79 Å². The van der Waals surface area contributed by atoms with Crippen LogP contribution in [0.25, 0.3) is 0 Å². The Bertz CT molecular complexity index is 772. The van der Waals surface area contributed by atoms with E-state index in [1.807, 2.05) is 5.38 Å². The molecule has 1 amide bonds. The zero-order valence-electron chi connectivity index (χ0n) is 12.0. The van der Waals surface area contributed by atoms with Crippen LogP contribution in [0, 0.1) is 6.92 Å². The number of sulfonamides is 1.